The number of nitriles is 1. The van der Waals surface area contributed by atoms with Crippen LogP contribution in [-0.4, -0.2) is 30.8 Å². The van der Waals surface area contributed by atoms with E-state index in [2.05, 4.69) is 24.9 Å². The van der Waals surface area contributed by atoms with Crippen LogP contribution in [0.5, 0.6) is 0 Å². The summed E-state index contributed by atoms with van der Waals surface area (Å²) < 4.78 is 0. The lowest BCUT2D eigenvalue weighted by Crippen LogP contribution is -2.54. The number of nitrogens with zero attached hydrogens (tertiary/aromatic N) is 2. The molecule has 0 spiro atoms. The van der Waals surface area contributed by atoms with E-state index in [-0.39, 0.29) is 11.2 Å². The average molecular weight is 232 g/mol. The summed E-state index contributed by atoms with van der Waals surface area (Å²) in [6, 6.07) is 2.08. The number of Topliss-reactive ketones (excluding diaryl/α,β-unsaturated/α-hetero) is 1. The van der Waals surface area contributed by atoms with Gasteiger partial charge in [0.15, 0.2) is 5.78 Å². The Balaban J connectivity index is 2.51. The standard InChI is InChI=1S/C14H20N2O/c1-13(2)11-5-6-16(4)9-14(11,3)7-10(8-15)12(13)17/h7,11H,5-6,9H2,1-4H3/t11-,14+/m0/s1. The SMILES string of the molecule is CN1CC[C@H]2C(C)(C)C(=O)C(C#N)=C[C@]2(C)C1. The van der Waals surface area contributed by atoms with E-state index < -0.39 is 5.41 Å². The second-order valence-electron chi connectivity index (χ2n) is 6.31. The lowest BCUT2D eigenvalue weighted by Gasteiger charge is -2.52. The quantitative estimate of drug-likeness (QED) is 0.641. The van der Waals surface area contributed by atoms with Crippen LogP contribution in [0.2, 0.25) is 0 Å². The zero-order chi connectivity index (χ0) is 12.8. The van der Waals surface area contributed by atoms with Crippen molar-refractivity contribution < 1.29 is 4.79 Å². The van der Waals surface area contributed by atoms with Crippen LogP contribution in [0.25, 0.3) is 0 Å². The third kappa shape index (κ3) is 1.71. The van der Waals surface area contributed by atoms with Crippen molar-refractivity contribution >= 4 is 5.78 Å². The number of hydrogen-bond acceptors (Lipinski definition) is 3. The van der Waals surface area contributed by atoms with Crippen LogP contribution in [0.4, 0.5) is 0 Å². The molecule has 0 radical (unpaired) electrons. The minimum absolute atomic E-state index is 0.0204. The molecule has 2 rings (SSSR count). The van der Waals surface area contributed by atoms with Gasteiger partial charge in [-0.25, -0.2) is 0 Å². The summed E-state index contributed by atoms with van der Waals surface area (Å²) in [5, 5.41) is 9.11. The van der Waals surface area contributed by atoms with Crippen LogP contribution < -0.4 is 0 Å². The molecule has 0 bridgehead atoms. The molecular formula is C14H20N2O. The highest BCUT2D eigenvalue weighted by molar-refractivity contribution is 6.04. The third-order valence-corrected chi connectivity index (χ3v) is 4.50. The highest BCUT2D eigenvalue weighted by Crippen LogP contribution is 2.51. The van der Waals surface area contributed by atoms with E-state index in [1.54, 1.807) is 0 Å². The van der Waals surface area contributed by atoms with Gasteiger partial charge >= 0.3 is 0 Å². The molecule has 1 fully saturated rings. The summed E-state index contributed by atoms with van der Waals surface area (Å²) in [5.41, 5.74) is -0.102. The number of piperidine rings is 1. The molecule has 1 aliphatic carbocycles. The number of hydrogen-bond donors (Lipinski definition) is 0. The third-order valence-electron chi connectivity index (χ3n) is 4.50. The molecule has 1 aliphatic heterocycles. The lowest BCUT2D eigenvalue weighted by atomic mass is 9.55. The van der Waals surface area contributed by atoms with Crippen LogP contribution >= 0.6 is 0 Å². The van der Waals surface area contributed by atoms with Gasteiger partial charge in [-0.05, 0) is 25.9 Å². The first-order valence-electron chi connectivity index (χ1n) is 6.17. The Labute approximate surface area is 103 Å². The highest BCUT2D eigenvalue weighted by atomic mass is 16.1. The first-order chi connectivity index (χ1) is 7.81. The van der Waals surface area contributed by atoms with Crippen molar-refractivity contribution in [1.82, 2.24) is 4.90 Å². The van der Waals surface area contributed by atoms with Crippen molar-refractivity contribution in [2.75, 3.05) is 20.1 Å². The largest absolute Gasteiger partial charge is 0.305 e. The highest BCUT2D eigenvalue weighted by Gasteiger charge is 2.52. The maximum atomic E-state index is 12.3. The van der Waals surface area contributed by atoms with E-state index >= 15 is 0 Å². The molecule has 1 saturated heterocycles. The molecule has 2 atom stereocenters. The minimum atomic E-state index is -0.407. The molecule has 3 nitrogen and oxygen atoms in total. The molecule has 17 heavy (non-hydrogen) atoms. The topological polar surface area (TPSA) is 44.1 Å². The smallest absolute Gasteiger partial charge is 0.178 e. The fourth-order valence-electron chi connectivity index (χ4n) is 3.77. The van der Waals surface area contributed by atoms with Gasteiger partial charge < -0.3 is 4.90 Å². The number of rotatable bonds is 0. The number of ketones is 1. The number of carbonyl (C=O) groups excluding carboxylic acids is 1. The predicted octanol–water partition coefficient (Wildman–Crippen LogP) is 2.00. The molecular weight excluding hydrogens is 212 g/mol. The molecule has 0 unspecified atom stereocenters. The fourth-order valence-corrected chi connectivity index (χ4v) is 3.77. The van der Waals surface area contributed by atoms with Crippen molar-refractivity contribution in [2.24, 2.45) is 16.7 Å². The van der Waals surface area contributed by atoms with Crippen molar-refractivity contribution in [3.8, 4) is 6.07 Å². The summed E-state index contributed by atoms with van der Waals surface area (Å²) in [4.78, 5) is 14.5. The Kier molecular flexibility index (Phi) is 2.67. The van der Waals surface area contributed by atoms with Crippen LogP contribution in [0.15, 0.2) is 11.6 Å². The van der Waals surface area contributed by atoms with Crippen molar-refractivity contribution in [1.29, 1.82) is 5.26 Å². The Bertz CT molecular complexity index is 430. The maximum absolute atomic E-state index is 12.3. The Hall–Kier alpha value is -1.14. The molecule has 0 amide bonds. The summed E-state index contributed by atoms with van der Waals surface area (Å²) in [7, 11) is 2.10. The van der Waals surface area contributed by atoms with Gasteiger partial charge in [0.2, 0.25) is 0 Å². The lowest BCUT2D eigenvalue weighted by molar-refractivity contribution is -0.131. The Morgan fingerprint density at radius 2 is 2.12 bits per heavy atom. The van der Waals surface area contributed by atoms with Gasteiger partial charge in [-0.1, -0.05) is 26.8 Å². The fraction of sp³-hybridized carbons (Fsp3) is 0.714. The maximum Gasteiger partial charge on any atom is 0.178 e. The normalized spacial score (nSPS) is 37.0. The van der Waals surface area contributed by atoms with Gasteiger partial charge in [0, 0.05) is 17.4 Å². The second kappa shape index (κ2) is 3.68. The van der Waals surface area contributed by atoms with E-state index in [0.717, 1.165) is 19.5 Å². The molecule has 0 aromatic heterocycles. The number of allylic oxidation sites excluding steroid dienone is 1. The number of likely N-dealkylation sites (tertiary alicyclic amines) is 1. The van der Waals surface area contributed by atoms with Crippen LogP contribution in [0.3, 0.4) is 0 Å². The number of carbonyl (C=O) groups is 1. The average Bonchev–Trinajstić information content (AvgIpc) is 2.23. The molecule has 0 aromatic carbocycles. The van der Waals surface area contributed by atoms with E-state index in [4.69, 9.17) is 5.26 Å². The van der Waals surface area contributed by atoms with Crippen molar-refractivity contribution in [2.45, 2.75) is 27.2 Å². The van der Waals surface area contributed by atoms with Crippen LogP contribution in [0.1, 0.15) is 27.2 Å². The van der Waals surface area contributed by atoms with Gasteiger partial charge in [-0.3, -0.25) is 4.79 Å². The molecule has 2 aliphatic rings. The van der Waals surface area contributed by atoms with Gasteiger partial charge in [-0.2, -0.15) is 5.26 Å². The van der Waals surface area contributed by atoms with Crippen LogP contribution in [0, 0.1) is 28.1 Å². The molecule has 0 aromatic rings. The zero-order valence-corrected chi connectivity index (χ0v) is 11.1. The van der Waals surface area contributed by atoms with Gasteiger partial charge in [0.1, 0.15) is 6.07 Å². The van der Waals surface area contributed by atoms with Crippen LogP contribution in [-0.2, 0) is 4.79 Å². The first kappa shape index (κ1) is 12.3. The van der Waals surface area contributed by atoms with Crippen molar-refractivity contribution in [3.05, 3.63) is 11.6 Å². The van der Waals surface area contributed by atoms with E-state index in [1.807, 2.05) is 19.9 Å². The second-order valence-corrected chi connectivity index (χ2v) is 6.31. The predicted molar refractivity (Wildman–Crippen MR) is 66.2 cm³/mol. The summed E-state index contributed by atoms with van der Waals surface area (Å²) >= 11 is 0. The zero-order valence-electron chi connectivity index (χ0n) is 11.1. The molecule has 0 saturated carbocycles. The van der Waals surface area contributed by atoms with Gasteiger partial charge in [0.25, 0.3) is 0 Å². The Morgan fingerprint density at radius 3 is 2.71 bits per heavy atom. The molecule has 1 heterocycles. The number of fused-ring (bicyclic) bond motifs is 1. The van der Waals surface area contributed by atoms with E-state index in [0.29, 0.717) is 11.5 Å². The van der Waals surface area contributed by atoms with Gasteiger partial charge in [0.05, 0.1) is 5.57 Å². The molecule has 92 valence electrons. The first-order valence-corrected chi connectivity index (χ1v) is 6.17. The monoisotopic (exact) mass is 232 g/mol. The summed E-state index contributed by atoms with van der Waals surface area (Å²) in [6.07, 6.45) is 2.95. The van der Waals surface area contributed by atoms with E-state index in [9.17, 15) is 4.79 Å². The van der Waals surface area contributed by atoms with Crippen molar-refractivity contribution in [3.63, 3.8) is 0 Å². The van der Waals surface area contributed by atoms with Gasteiger partial charge in [-0.15, -0.1) is 0 Å². The summed E-state index contributed by atoms with van der Waals surface area (Å²) in [6.45, 7) is 8.13. The molecule has 0 N–H and O–H groups in total. The Morgan fingerprint density at radius 1 is 1.47 bits per heavy atom. The van der Waals surface area contributed by atoms with E-state index in [1.165, 1.54) is 0 Å². The molecule has 3 heteroatoms. The summed E-state index contributed by atoms with van der Waals surface area (Å²) in [5.74, 6) is 0.364. The minimum Gasteiger partial charge on any atom is -0.305 e.